The van der Waals surface area contributed by atoms with Gasteiger partial charge >= 0.3 is 24.2 Å². The minimum atomic E-state index is -1.17. The molecule has 0 heterocycles. The predicted molar refractivity (Wildman–Crippen MR) is 150 cm³/mol. The van der Waals surface area contributed by atoms with Crippen LogP contribution in [0.3, 0.4) is 0 Å². The third-order valence-electron chi connectivity index (χ3n) is 5.46. The van der Waals surface area contributed by atoms with Crippen molar-refractivity contribution in [3.8, 4) is 0 Å². The number of carbonyl (C=O) groups is 4. The second-order valence-corrected chi connectivity index (χ2v) is 9.07. The first kappa shape index (κ1) is 40.3. The topological polar surface area (TPSA) is 170 Å². The van der Waals surface area contributed by atoms with E-state index in [4.69, 9.17) is 52.1 Å². The van der Waals surface area contributed by atoms with Gasteiger partial charge in [0, 0.05) is 0 Å². The van der Waals surface area contributed by atoms with Gasteiger partial charge in [0.25, 0.3) is 0 Å². The van der Waals surface area contributed by atoms with E-state index < -0.39 is 36.5 Å². The van der Waals surface area contributed by atoms with Crippen molar-refractivity contribution in [3.63, 3.8) is 0 Å². The Hall–Kier alpha value is -2.72. The molecule has 252 valence electrons. The number of ether oxygens (including phenoxy) is 11. The number of rotatable bonds is 26. The molecule has 0 bridgehead atoms. The van der Waals surface area contributed by atoms with Crippen molar-refractivity contribution in [2.45, 2.75) is 78.8 Å². The summed E-state index contributed by atoms with van der Waals surface area (Å²) in [7, 11) is 0. The molecular formula is C28H50O15. The van der Waals surface area contributed by atoms with E-state index in [1.165, 1.54) is 13.8 Å². The van der Waals surface area contributed by atoms with Crippen LogP contribution in [0.5, 0.6) is 0 Å². The fraction of sp³-hybridized carbons (Fsp3) is 0.857. The molecule has 0 saturated heterocycles. The average molecular weight is 627 g/mol. The van der Waals surface area contributed by atoms with Gasteiger partial charge in [-0.1, -0.05) is 13.8 Å². The zero-order chi connectivity index (χ0) is 32.3. The van der Waals surface area contributed by atoms with Crippen molar-refractivity contribution < 1.29 is 71.3 Å². The maximum Gasteiger partial charge on any atom is 0.509 e. The van der Waals surface area contributed by atoms with E-state index in [0.29, 0.717) is 26.4 Å². The van der Waals surface area contributed by atoms with Gasteiger partial charge < -0.3 is 52.1 Å². The van der Waals surface area contributed by atoms with Crippen molar-refractivity contribution >= 4 is 24.2 Å². The molecule has 0 aliphatic rings. The first-order valence-electron chi connectivity index (χ1n) is 14.6. The Balaban J connectivity index is 3.73. The van der Waals surface area contributed by atoms with Gasteiger partial charge in [-0.15, -0.1) is 0 Å². The van der Waals surface area contributed by atoms with Gasteiger partial charge in [-0.2, -0.15) is 0 Å². The molecule has 0 aliphatic carbocycles. The number of esters is 2. The molecule has 0 rings (SSSR count). The van der Waals surface area contributed by atoms with Crippen LogP contribution in [0.1, 0.15) is 54.4 Å². The Morgan fingerprint density at radius 3 is 1.07 bits per heavy atom. The van der Waals surface area contributed by atoms with Crippen molar-refractivity contribution in [3.05, 3.63) is 0 Å². The van der Waals surface area contributed by atoms with Crippen molar-refractivity contribution in [1.29, 1.82) is 0 Å². The molecule has 43 heavy (non-hydrogen) atoms. The molecule has 0 aromatic rings. The summed E-state index contributed by atoms with van der Waals surface area (Å²) < 4.78 is 55.9. The molecule has 0 saturated carbocycles. The second-order valence-electron chi connectivity index (χ2n) is 9.07. The van der Waals surface area contributed by atoms with Crippen LogP contribution in [0.2, 0.25) is 0 Å². The molecule has 15 heteroatoms. The molecule has 4 atom stereocenters. The molecule has 0 unspecified atom stereocenters. The van der Waals surface area contributed by atoms with Crippen LogP contribution < -0.4 is 0 Å². The van der Waals surface area contributed by atoms with Crippen LogP contribution in [0.4, 0.5) is 9.59 Å². The summed E-state index contributed by atoms with van der Waals surface area (Å²) in [5.41, 5.74) is 0. The molecule has 0 fully saturated rings. The molecule has 0 aromatic carbocycles. The molecule has 0 aliphatic heterocycles. The lowest BCUT2D eigenvalue weighted by atomic mass is 10.3. The first-order chi connectivity index (χ1) is 20.6. The largest absolute Gasteiger partial charge is 0.509 e. The predicted octanol–water partition coefficient (Wildman–Crippen LogP) is 2.84. The quantitative estimate of drug-likeness (QED) is 0.0779. The fourth-order valence-electron chi connectivity index (χ4n) is 2.62. The summed E-state index contributed by atoms with van der Waals surface area (Å²) >= 11 is 0. The molecule has 0 radical (unpaired) electrons. The van der Waals surface area contributed by atoms with Gasteiger partial charge in [-0.3, -0.25) is 0 Å². The van der Waals surface area contributed by atoms with E-state index in [0.717, 1.165) is 12.8 Å². The van der Waals surface area contributed by atoms with Crippen molar-refractivity contribution in [2.24, 2.45) is 0 Å². The zero-order valence-electron chi connectivity index (χ0n) is 26.3. The molecule has 0 spiro atoms. The minimum Gasteiger partial charge on any atom is -0.461 e. The molecule has 15 nitrogen and oxygen atoms in total. The zero-order valence-corrected chi connectivity index (χ0v) is 26.3. The Labute approximate surface area is 253 Å². The van der Waals surface area contributed by atoms with Gasteiger partial charge in [0.05, 0.1) is 65.1 Å². The summed E-state index contributed by atoms with van der Waals surface area (Å²) in [6, 6.07) is 0. The molecule has 0 aromatic heterocycles. The minimum absolute atomic E-state index is 0.00211. The van der Waals surface area contributed by atoms with Crippen LogP contribution >= 0.6 is 0 Å². The second kappa shape index (κ2) is 26.9. The number of hydrogen-bond donors (Lipinski definition) is 0. The van der Waals surface area contributed by atoms with Gasteiger partial charge in [-0.05, 0) is 40.5 Å². The maximum absolute atomic E-state index is 11.9. The summed E-state index contributed by atoms with van der Waals surface area (Å²) in [5, 5.41) is 0. The molecule has 0 amide bonds. The fourth-order valence-corrected chi connectivity index (χ4v) is 2.62. The van der Waals surface area contributed by atoms with Crippen LogP contribution in [0.15, 0.2) is 0 Å². The smallest absolute Gasteiger partial charge is 0.461 e. The van der Waals surface area contributed by atoms with Gasteiger partial charge in [0.1, 0.15) is 26.4 Å². The molecular weight excluding hydrogens is 576 g/mol. The maximum atomic E-state index is 11.9. The van der Waals surface area contributed by atoms with E-state index >= 15 is 0 Å². The summed E-state index contributed by atoms with van der Waals surface area (Å²) in [4.78, 5) is 47.1. The highest BCUT2D eigenvalue weighted by molar-refractivity contribution is 5.77. The summed E-state index contributed by atoms with van der Waals surface area (Å²) in [5.74, 6) is -1.49. The van der Waals surface area contributed by atoms with Gasteiger partial charge in [-0.25, -0.2) is 19.2 Å². The SMILES string of the molecule is CC[C@@H](C)OCCOCCOC(=O)[C@H](C)OC(=O)OCCOCCOC(=O)O[C@@H](C)C(=O)OCCOCCO[C@@H](C)CC. The third kappa shape index (κ3) is 24.4. The van der Waals surface area contributed by atoms with Crippen LogP contribution in [0, 0.1) is 0 Å². The van der Waals surface area contributed by atoms with Crippen LogP contribution in [0.25, 0.3) is 0 Å². The van der Waals surface area contributed by atoms with Gasteiger partial charge in [0.15, 0.2) is 12.2 Å². The van der Waals surface area contributed by atoms with Gasteiger partial charge in [0.2, 0.25) is 0 Å². The highest BCUT2D eigenvalue weighted by Gasteiger charge is 2.21. The lowest BCUT2D eigenvalue weighted by Crippen LogP contribution is -2.28. The van der Waals surface area contributed by atoms with E-state index in [2.05, 4.69) is 0 Å². The Bertz CT molecular complexity index is 688. The van der Waals surface area contributed by atoms with Crippen molar-refractivity contribution in [2.75, 3.05) is 79.3 Å². The standard InChI is InChI=1S/C28H50O15/c1-7-21(3)36-15-9-33-11-17-38-25(29)23(5)42-27(31)40-19-13-35-14-20-41-28(32)43-24(6)26(30)39-18-12-34-10-16-37-22(4)8-2/h21-24H,7-20H2,1-6H3/t21-,22+,23-,24-/m0/s1. The number of carbonyl (C=O) groups excluding carboxylic acids is 4. The van der Waals surface area contributed by atoms with Crippen molar-refractivity contribution in [1.82, 2.24) is 0 Å². The molecule has 0 N–H and O–H groups in total. The lowest BCUT2D eigenvalue weighted by molar-refractivity contribution is -0.156. The van der Waals surface area contributed by atoms with E-state index in [9.17, 15) is 19.2 Å². The Kier molecular flexibility index (Phi) is 25.2. The number of hydrogen-bond acceptors (Lipinski definition) is 15. The Morgan fingerprint density at radius 1 is 0.442 bits per heavy atom. The average Bonchev–Trinajstić information content (AvgIpc) is 2.98. The van der Waals surface area contributed by atoms with Crippen LogP contribution in [-0.4, -0.2) is 128 Å². The lowest BCUT2D eigenvalue weighted by Gasteiger charge is -2.14. The van der Waals surface area contributed by atoms with E-state index in [-0.39, 0.29) is 65.1 Å². The van der Waals surface area contributed by atoms with Crippen LogP contribution in [-0.2, 0) is 61.7 Å². The summed E-state index contributed by atoms with van der Waals surface area (Å²) in [6.07, 6.45) is -2.35. The monoisotopic (exact) mass is 626 g/mol. The third-order valence-corrected chi connectivity index (χ3v) is 5.46. The van der Waals surface area contributed by atoms with E-state index in [1.54, 1.807) is 0 Å². The Morgan fingerprint density at radius 2 is 0.744 bits per heavy atom. The highest BCUT2D eigenvalue weighted by Crippen LogP contribution is 2.01. The summed E-state index contributed by atoms with van der Waals surface area (Å²) in [6.45, 7) is 12.3. The first-order valence-corrected chi connectivity index (χ1v) is 14.6. The normalized spacial score (nSPS) is 13.7. The highest BCUT2D eigenvalue weighted by atomic mass is 16.7. The van der Waals surface area contributed by atoms with E-state index in [1.807, 2.05) is 27.7 Å².